The van der Waals surface area contributed by atoms with Crippen LogP contribution in [0.15, 0.2) is 0 Å². The van der Waals surface area contributed by atoms with Crippen molar-refractivity contribution in [1.82, 2.24) is 0 Å². The first kappa shape index (κ1) is 22.6. The zero-order valence-corrected chi connectivity index (χ0v) is 6.04. The van der Waals surface area contributed by atoms with E-state index in [1.165, 1.54) is 0 Å². The standard InChI is InChI=1S/Na.H2O4S.H2O3S.H2O.H/c;1-5(2,3)4;1-4(2)3;;/h;(H2,1,2,3,4);4H,(H,1,2,3);1H2;. The van der Waals surface area contributed by atoms with Crippen molar-refractivity contribution in [3.05, 3.63) is 0 Å². The van der Waals surface area contributed by atoms with Gasteiger partial charge in [-0.2, -0.15) is 8.42 Å². The zero-order valence-electron chi connectivity index (χ0n) is 4.33. The summed E-state index contributed by atoms with van der Waals surface area (Å²) in [5, 5.41) is 0. The van der Waals surface area contributed by atoms with Gasteiger partial charge >= 0.3 is 40.0 Å². The van der Waals surface area contributed by atoms with Gasteiger partial charge in [-0.3, -0.25) is 13.7 Å². The molecule has 0 fully saturated rings. The first-order valence-electron chi connectivity index (χ1n) is 1.26. The second-order valence-electron chi connectivity index (χ2n) is 0.686. The van der Waals surface area contributed by atoms with Crippen LogP contribution in [-0.2, 0) is 21.4 Å². The van der Waals surface area contributed by atoms with Crippen molar-refractivity contribution < 1.29 is 36.0 Å². The summed E-state index contributed by atoms with van der Waals surface area (Å²) in [5.74, 6) is 0. The van der Waals surface area contributed by atoms with Crippen molar-refractivity contribution in [2.45, 2.75) is 0 Å². The molecule has 0 heterocycles. The molecule has 11 heavy (non-hydrogen) atoms. The van der Waals surface area contributed by atoms with Crippen molar-refractivity contribution in [2.75, 3.05) is 0 Å². The summed E-state index contributed by atoms with van der Waals surface area (Å²) in [6, 6.07) is 0. The second kappa shape index (κ2) is 10.7. The van der Waals surface area contributed by atoms with Gasteiger partial charge in [0.1, 0.15) is 0 Å². The number of hydrogen-bond donors (Lipinski definition) is 4. The van der Waals surface area contributed by atoms with Crippen molar-refractivity contribution >= 4 is 50.9 Å². The molecule has 0 aromatic heterocycles. The Labute approximate surface area is 86.6 Å². The van der Waals surface area contributed by atoms with Crippen molar-refractivity contribution in [2.24, 2.45) is 0 Å². The van der Waals surface area contributed by atoms with Crippen molar-refractivity contribution in [1.29, 1.82) is 0 Å². The predicted octanol–water partition coefficient (Wildman–Crippen LogP) is -3.06. The summed E-state index contributed by atoms with van der Waals surface area (Å²) in [6.07, 6.45) is 0. The van der Waals surface area contributed by atoms with Crippen LogP contribution < -0.4 is 0 Å². The number of rotatable bonds is 0. The zero-order chi connectivity index (χ0) is 8.08. The molecule has 8 nitrogen and oxygen atoms in total. The third-order valence-electron chi connectivity index (χ3n) is 0. The van der Waals surface area contributed by atoms with Gasteiger partial charge in [0.15, 0.2) is 0 Å². The summed E-state index contributed by atoms with van der Waals surface area (Å²) in [4.78, 5) is 0. The van der Waals surface area contributed by atoms with Crippen LogP contribution in [0.1, 0.15) is 0 Å². The number of thiol groups is 1. The molecule has 5 N–H and O–H groups in total. The first-order valence-corrected chi connectivity index (χ1v) is 3.79. The Morgan fingerprint density at radius 1 is 1.09 bits per heavy atom. The van der Waals surface area contributed by atoms with Crippen LogP contribution in [0.3, 0.4) is 0 Å². The summed E-state index contributed by atoms with van der Waals surface area (Å²) >= 11 is 0. The van der Waals surface area contributed by atoms with Gasteiger partial charge in [-0.15, -0.1) is 0 Å². The Morgan fingerprint density at radius 2 is 1.09 bits per heavy atom. The van der Waals surface area contributed by atoms with Crippen LogP contribution in [-0.4, -0.2) is 65.5 Å². The second-order valence-corrected chi connectivity index (χ2v) is 2.06. The Kier molecular flexibility index (Phi) is 22.1. The van der Waals surface area contributed by atoms with E-state index in [1.54, 1.807) is 0 Å². The minimum absolute atomic E-state index is 0. The molecule has 0 aliphatic rings. The van der Waals surface area contributed by atoms with Gasteiger partial charge < -0.3 is 5.48 Å². The Balaban J connectivity index is -0.0000000383. The van der Waals surface area contributed by atoms with Gasteiger partial charge in [-0.25, -0.2) is 8.42 Å². The Morgan fingerprint density at radius 3 is 1.09 bits per heavy atom. The van der Waals surface area contributed by atoms with Crippen molar-refractivity contribution in [3.63, 3.8) is 0 Å². The van der Waals surface area contributed by atoms with Gasteiger partial charge in [-0.05, 0) is 0 Å². The molecule has 0 unspecified atom stereocenters. The van der Waals surface area contributed by atoms with E-state index in [0.29, 0.717) is 0 Å². The third-order valence-corrected chi connectivity index (χ3v) is 0. The molecule has 0 atom stereocenters. The van der Waals surface area contributed by atoms with E-state index in [1.807, 2.05) is 0 Å². The number of hydrogen-bond acceptors (Lipinski definition) is 4. The molecule has 68 valence electrons. The summed E-state index contributed by atoms with van der Waals surface area (Å²) < 4.78 is 55.8. The molecule has 0 aliphatic heterocycles. The normalized spacial score (nSPS) is 8.36. The molecule has 0 spiro atoms. The van der Waals surface area contributed by atoms with Crippen LogP contribution >= 0.6 is 0 Å². The molecule has 0 amide bonds. The fraction of sp³-hybridized carbons (Fsp3) is 0. The molecule has 0 aliphatic carbocycles. The molecule has 0 saturated heterocycles. The Bertz CT molecular complexity index is 192. The minimum atomic E-state index is -4.67. The van der Waals surface area contributed by atoms with E-state index < -0.39 is 21.4 Å². The fourth-order valence-corrected chi connectivity index (χ4v) is 0. The van der Waals surface area contributed by atoms with E-state index in [0.717, 1.165) is 0 Å². The molecular weight excluding hydrogens is 215 g/mol. The van der Waals surface area contributed by atoms with E-state index >= 15 is 0 Å². The summed E-state index contributed by atoms with van der Waals surface area (Å²) in [7, 11) is -7.79. The van der Waals surface area contributed by atoms with Gasteiger partial charge in [0.2, 0.25) is 0 Å². The van der Waals surface area contributed by atoms with Gasteiger partial charge in [0.05, 0.1) is 0 Å². The SMILES string of the molecule is O.O=S(=O)(O)O.O=[SH](=O)O.[NaH]. The van der Waals surface area contributed by atoms with E-state index in [4.69, 9.17) is 30.5 Å². The van der Waals surface area contributed by atoms with Crippen LogP contribution in [0.25, 0.3) is 0 Å². The quantitative estimate of drug-likeness (QED) is 0.192. The average Bonchev–Trinajstić information content (AvgIpc) is 1.19. The van der Waals surface area contributed by atoms with Crippen molar-refractivity contribution in [3.8, 4) is 0 Å². The third kappa shape index (κ3) is 1500. The molecule has 0 saturated carbocycles. The van der Waals surface area contributed by atoms with E-state index in [2.05, 4.69) is 0 Å². The topological polar surface area (TPSA) is 160 Å². The van der Waals surface area contributed by atoms with E-state index in [-0.39, 0.29) is 35.0 Å². The molecule has 0 aromatic carbocycles. The molecule has 11 heteroatoms. The summed E-state index contributed by atoms with van der Waals surface area (Å²) in [5.41, 5.74) is 0. The van der Waals surface area contributed by atoms with Gasteiger partial charge in [0.25, 0.3) is 11.0 Å². The molecule has 0 bridgehead atoms. The average molecular weight is 222 g/mol. The maximum atomic E-state index is 8.74. The predicted molar refractivity (Wildman–Crippen MR) is 37.9 cm³/mol. The van der Waals surface area contributed by atoms with Gasteiger partial charge in [-0.1, -0.05) is 0 Å². The molecule has 0 rings (SSSR count). The maximum absolute atomic E-state index is 8.74. The Hall–Kier alpha value is 0.740. The van der Waals surface area contributed by atoms with E-state index in [9.17, 15) is 0 Å². The van der Waals surface area contributed by atoms with Crippen LogP contribution in [0.4, 0.5) is 0 Å². The van der Waals surface area contributed by atoms with Gasteiger partial charge in [0, 0.05) is 0 Å². The molecular formula is H7NaO8S2. The first-order chi connectivity index (χ1) is 3.73. The fourth-order valence-electron chi connectivity index (χ4n) is 0. The van der Waals surface area contributed by atoms with Crippen LogP contribution in [0, 0.1) is 0 Å². The monoisotopic (exact) mass is 222 g/mol. The van der Waals surface area contributed by atoms with Crippen LogP contribution in [0.2, 0.25) is 0 Å². The molecule has 0 radical (unpaired) electrons. The molecule has 0 aromatic rings. The van der Waals surface area contributed by atoms with Crippen LogP contribution in [0.5, 0.6) is 0 Å². The summed E-state index contributed by atoms with van der Waals surface area (Å²) in [6.45, 7) is 0.